The van der Waals surface area contributed by atoms with E-state index in [1.807, 2.05) is 48.5 Å². The second-order valence-electron chi connectivity index (χ2n) is 12.3. The number of phenolic OH excluding ortho intramolecular Hbond substituents is 1. The number of nitrogens with one attached hydrogen (secondary N) is 1. The fourth-order valence-electron chi connectivity index (χ4n) is 6.60. The lowest BCUT2D eigenvalue weighted by molar-refractivity contribution is 0.0593. The number of methoxy groups -OCH3 is 1. The number of H-pyrrole nitrogens is 1. The first-order chi connectivity index (χ1) is 23.1. The Balaban J connectivity index is 1.21. The van der Waals surface area contributed by atoms with E-state index >= 15 is 0 Å². The van der Waals surface area contributed by atoms with Gasteiger partial charge in [0.05, 0.1) is 34.7 Å². The number of phenols is 1. The molecule has 0 radical (unpaired) electrons. The van der Waals surface area contributed by atoms with E-state index in [-0.39, 0.29) is 18.2 Å². The summed E-state index contributed by atoms with van der Waals surface area (Å²) in [6.45, 7) is 4.63. The van der Waals surface area contributed by atoms with E-state index < -0.39 is 5.97 Å². The minimum Gasteiger partial charge on any atom is -0.507 e. The number of ether oxygens (including phenoxy) is 1. The largest absolute Gasteiger partial charge is 0.507 e. The van der Waals surface area contributed by atoms with Gasteiger partial charge in [-0.25, -0.2) is 9.18 Å². The number of esters is 1. The van der Waals surface area contributed by atoms with E-state index in [1.54, 1.807) is 12.1 Å². The van der Waals surface area contributed by atoms with Gasteiger partial charge in [-0.15, -0.1) is 0 Å². The van der Waals surface area contributed by atoms with Gasteiger partial charge in [0.1, 0.15) is 17.3 Å². The number of hydrogen-bond donors (Lipinski definition) is 3. The number of aliphatic hydroxyl groups is 1. The lowest BCUT2D eigenvalue weighted by Gasteiger charge is -2.12. The third kappa shape index (κ3) is 6.42. The van der Waals surface area contributed by atoms with E-state index in [1.165, 1.54) is 19.2 Å². The van der Waals surface area contributed by atoms with Crippen molar-refractivity contribution in [1.82, 2.24) is 24.5 Å². The third-order valence-electron chi connectivity index (χ3n) is 9.12. The van der Waals surface area contributed by atoms with Gasteiger partial charge in [-0.1, -0.05) is 23.7 Å². The maximum atomic E-state index is 13.8. The summed E-state index contributed by atoms with van der Waals surface area (Å²) in [5.41, 5.74) is 8.41. The predicted octanol–water partition coefficient (Wildman–Crippen LogP) is 7.16. The molecule has 0 saturated heterocycles. The standard InChI is InChI=1S/C37H39ClFN5O4/c1-21-22(2)41-44(36(21)33-31(38)14-13-30-29(8-6-16-45)35(37(47)48-4)40-34(30)33)15-5-7-26-20-27(43(3)42-26)11-9-23-17-24-19-25(39)10-12-28(24)32(46)18-23/h10,12-14,17-20,40,45-46H,5-9,11,15-16H2,1-4H3. The zero-order valence-corrected chi connectivity index (χ0v) is 28.3. The van der Waals surface area contributed by atoms with Crippen molar-refractivity contribution in [3.05, 3.63) is 98.8 Å². The molecule has 3 heterocycles. The zero-order chi connectivity index (χ0) is 34.1. The second kappa shape index (κ2) is 13.8. The number of aromatic nitrogens is 5. The van der Waals surface area contributed by atoms with Crippen LogP contribution in [0.2, 0.25) is 5.02 Å². The summed E-state index contributed by atoms with van der Waals surface area (Å²) in [4.78, 5) is 16.0. The summed E-state index contributed by atoms with van der Waals surface area (Å²) in [6, 6.07) is 13.9. The van der Waals surface area contributed by atoms with Crippen molar-refractivity contribution in [2.75, 3.05) is 13.7 Å². The molecule has 6 rings (SSSR count). The predicted molar refractivity (Wildman–Crippen MR) is 185 cm³/mol. The number of hydrogen-bond acceptors (Lipinski definition) is 6. The molecule has 0 amide bonds. The molecule has 0 unspecified atom stereocenters. The number of nitrogens with zero attached hydrogens (tertiary/aromatic N) is 4. The van der Waals surface area contributed by atoms with Crippen LogP contribution < -0.4 is 0 Å². The van der Waals surface area contributed by atoms with Gasteiger partial charge in [0.15, 0.2) is 0 Å². The molecule has 0 aliphatic heterocycles. The van der Waals surface area contributed by atoms with Crippen LogP contribution in [0.3, 0.4) is 0 Å². The molecular formula is C37H39ClFN5O4. The maximum Gasteiger partial charge on any atom is 0.354 e. The van der Waals surface area contributed by atoms with Crippen LogP contribution in [0.5, 0.6) is 5.75 Å². The van der Waals surface area contributed by atoms with E-state index in [0.717, 1.165) is 75.2 Å². The lowest BCUT2D eigenvalue weighted by atomic mass is 10.00. The number of rotatable bonds is 12. The first kappa shape index (κ1) is 33.2. The highest BCUT2D eigenvalue weighted by Gasteiger charge is 2.25. The van der Waals surface area contributed by atoms with Crippen LogP contribution in [0.1, 0.15) is 57.1 Å². The second-order valence-corrected chi connectivity index (χ2v) is 12.7. The van der Waals surface area contributed by atoms with E-state index in [0.29, 0.717) is 47.3 Å². The third-order valence-corrected chi connectivity index (χ3v) is 9.44. The summed E-state index contributed by atoms with van der Waals surface area (Å²) in [5, 5.41) is 32.3. The number of aromatic amines is 1. The van der Waals surface area contributed by atoms with Crippen molar-refractivity contribution in [3.8, 4) is 17.0 Å². The molecule has 9 nitrogen and oxygen atoms in total. The van der Waals surface area contributed by atoms with Crippen molar-refractivity contribution in [1.29, 1.82) is 0 Å². The van der Waals surface area contributed by atoms with E-state index in [2.05, 4.69) is 11.1 Å². The minimum atomic E-state index is -0.469. The smallest absolute Gasteiger partial charge is 0.354 e. The van der Waals surface area contributed by atoms with Crippen LogP contribution >= 0.6 is 11.6 Å². The number of aryl methyl sites for hydroxylation is 7. The number of carbonyl (C=O) groups excluding carboxylic acids is 1. The van der Waals surface area contributed by atoms with Crippen molar-refractivity contribution >= 4 is 39.2 Å². The van der Waals surface area contributed by atoms with E-state index in [9.17, 15) is 19.4 Å². The molecule has 48 heavy (non-hydrogen) atoms. The number of halogens is 2. The summed E-state index contributed by atoms with van der Waals surface area (Å²) in [7, 11) is 3.28. The fraction of sp³-hybridized carbons (Fsp3) is 0.324. The van der Waals surface area contributed by atoms with Gasteiger partial charge in [-0.3, -0.25) is 9.36 Å². The van der Waals surface area contributed by atoms with Crippen molar-refractivity contribution in [2.45, 2.75) is 58.9 Å². The Hall–Kier alpha value is -4.67. The average Bonchev–Trinajstić information content (AvgIpc) is 3.70. The molecule has 3 aromatic carbocycles. The molecule has 0 bridgehead atoms. The van der Waals surface area contributed by atoms with Gasteiger partial charge < -0.3 is 19.9 Å². The number of benzene rings is 3. The number of fused-ring (bicyclic) bond motifs is 2. The normalized spacial score (nSPS) is 11.6. The molecule has 0 aliphatic carbocycles. The Kier molecular flexibility index (Phi) is 9.57. The van der Waals surface area contributed by atoms with Crippen LogP contribution in [-0.4, -0.2) is 54.4 Å². The Labute approximate surface area is 282 Å². The SMILES string of the molecule is COC(=O)c1[nH]c2c(-c3c(C)c(C)nn3CCCc3cc(CCc4cc(O)c5ccc(F)cc5c4)n(C)n3)c(Cl)ccc2c1CCCO. The molecule has 0 aliphatic rings. The molecule has 11 heteroatoms. The Bertz CT molecular complexity index is 2150. The van der Waals surface area contributed by atoms with Crippen molar-refractivity contribution in [3.63, 3.8) is 0 Å². The number of carbonyl (C=O) groups is 1. The molecule has 250 valence electrons. The Morgan fingerprint density at radius 3 is 2.56 bits per heavy atom. The first-order valence-corrected chi connectivity index (χ1v) is 16.5. The average molecular weight is 672 g/mol. The number of aliphatic hydroxyl groups excluding tert-OH is 1. The maximum absolute atomic E-state index is 13.8. The fourth-order valence-corrected chi connectivity index (χ4v) is 6.85. The molecule has 0 atom stereocenters. The van der Waals surface area contributed by atoms with Crippen LogP contribution in [0.15, 0.2) is 48.5 Å². The summed E-state index contributed by atoms with van der Waals surface area (Å²) in [6.07, 6.45) is 3.93. The highest BCUT2D eigenvalue weighted by Crippen LogP contribution is 2.40. The molecule has 0 saturated carbocycles. The number of aromatic hydroxyl groups is 1. The van der Waals surface area contributed by atoms with E-state index in [4.69, 9.17) is 26.5 Å². The summed E-state index contributed by atoms with van der Waals surface area (Å²) < 4.78 is 22.7. The van der Waals surface area contributed by atoms with Gasteiger partial charge in [0.25, 0.3) is 0 Å². The monoisotopic (exact) mass is 671 g/mol. The van der Waals surface area contributed by atoms with Crippen LogP contribution in [0.4, 0.5) is 4.39 Å². The molecule has 3 N–H and O–H groups in total. The van der Waals surface area contributed by atoms with Gasteiger partial charge in [-0.2, -0.15) is 10.2 Å². The summed E-state index contributed by atoms with van der Waals surface area (Å²) in [5.74, 6) is -0.650. The zero-order valence-electron chi connectivity index (χ0n) is 27.5. The van der Waals surface area contributed by atoms with Gasteiger partial charge in [0, 0.05) is 42.2 Å². The highest BCUT2D eigenvalue weighted by atomic mass is 35.5. The van der Waals surface area contributed by atoms with Crippen molar-refractivity contribution in [2.24, 2.45) is 7.05 Å². The van der Waals surface area contributed by atoms with Crippen LogP contribution in [-0.2, 0) is 44.0 Å². The van der Waals surface area contributed by atoms with Gasteiger partial charge in [-0.05, 0) is 111 Å². The van der Waals surface area contributed by atoms with Crippen molar-refractivity contribution < 1.29 is 24.1 Å². The molecule has 6 aromatic rings. The lowest BCUT2D eigenvalue weighted by Crippen LogP contribution is -2.06. The summed E-state index contributed by atoms with van der Waals surface area (Å²) >= 11 is 6.88. The molecule has 0 spiro atoms. The van der Waals surface area contributed by atoms with Gasteiger partial charge >= 0.3 is 5.97 Å². The van der Waals surface area contributed by atoms with Crippen LogP contribution in [0, 0.1) is 19.7 Å². The Morgan fingerprint density at radius 1 is 1.00 bits per heavy atom. The molecule has 0 fully saturated rings. The van der Waals surface area contributed by atoms with Gasteiger partial charge in [0.2, 0.25) is 0 Å². The minimum absolute atomic E-state index is 0.00782. The van der Waals surface area contributed by atoms with Crippen LogP contribution in [0.25, 0.3) is 32.9 Å². The first-order valence-electron chi connectivity index (χ1n) is 16.1. The topological polar surface area (TPSA) is 118 Å². The molecule has 3 aromatic heterocycles. The highest BCUT2D eigenvalue weighted by molar-refractivity contribution is 6.35. The quantitative estimate of drug-likeness (QED) is 0.119. The Morgan fingerprint density at radius 2 is 1.79 bits per heavy atom. The molecular weight excluding hydrogens is 633 g/mol.